The first kappa shape index (κ1) is 16.4. The average Bonchev–Trinajstić information content (AvgIpc) is 2.99. The highest BCUT2D eigenvalue weighted by Crippen LogP contribution is 2.30. The zero-order valence-corrected chi connectivity index (χ0v) is 14.6. The van der Waals surface area contributed by atoms with Crippen molar-refractivity contribution in [3.8, 4) is 11.3 Å². The number of carbonyl (C=O) groups is 1. The van der Waals surface area contributed by atoms with Crippen molar-refractivity contribution >= 4 is 39.3 Å². The van der Waals surface area contributed by atoms with Gasteiger partial charge in [-0.25, -0.2) is 0 Å². The Morgan fingerprint density at radius 2 is 2.13 bits per heavy atom. The average molecular weight is 400 g/mol. The number of nitrogens with two attached hydrogens (primary N) is 1. The number of aromatic nitrogens is 2. The molecule has 2 heterocycles. The van der Waals surface area contributed by atoms with Gasteiger partial charge in [-0.15, -0.1) is 0 Å². The summed E-state index contributed by atoms with van der Waals surface area (Å²) < 4.78 is 6.15. The van der Waals surface area contributed by atoms with Gasteiger partial charge < -0.3 is 15.8 Å². The van der Waals surface area contributed by atoms with Crippen LogP contribution in [-0.4, -0.2) is 34.9 Å². The van der Waals surface area contributed by atoms with Crippen LogP contribution in [0.25, 0.3) is 11.3 Å². The number of carbonyl (C=O) groups excluding carboxylic acids is 1. The van der Waals surface area contributed by atoms with E-state index in [9.17, 15) is 4.79 Å². The first-order valence-corrected chi connectivity index (χ1v) is 8.34. The fourth-order valence-corrected chi connectivity index (χ4v) is 3.01. The van der Waals surface area contributed by atoms with Crippen molar-refractivity contribution in [3.05, 3.63) is 33.8 Å². The molecule has 6 nitrogen and oxygen atoms in total. The minimum atomic E-state index is -0.912. The van der Waals surface area contributed by atoms with E-state index in [1.807, 2.05) is 12.1 Å². The standard InChI is InChI=1S/C15H16BrClN4O2/c16-9-1-2-11(17)10(7-9)12-8-13(21-20-12)19-14(22)15(18)3-5-23-6-4-15/h1-2,7-8H,3-6,18H2,(H2,19,20,21,22). The molecule has 1 saturated heterocycles. The summed E-state index contributed by atoms with van der Waals surface area (Å²) in [5.41, 5.74) is 6.75. The second-order valence-electron chi connectivity index (χ2n) is 5.51. The molecule has 1 fully saturated rings. The maximum absolute atomic E-state index is 12.4. The van der Waals surface area contributed by atoms with E-state index in [2.05, 4.69) is 31.4 Å². The molecule has 4 N–H and O–H groups in total. The van der Waals surface area contributed by atoms with Crippen LogP contribution >= 0.6 is 27.5 Å². The maximum Gasteiger partial charge on any atom is 0.245 e. The number of hydrogen-bond acceptors (Lipinski definition) is 4. The molecular weight excluding hydrogens is 384 g/mol. The number of rotatable bonds is 3. The Kier molecular flexibility index (Phi) is 4.72. The highest BCUT2D eigenvalue weighted by molar-refractivity contribution is 9.10. The summed E-state index contributed by atoms with van der Waals surface area (Å²) >= 11 is 9.61. The van der Waals surface area contributed by atoms with Crippen LogP contribution < -0.4 is 11.1 Å². The fourth-order valence-electron chi connectivity index (χ4n) is 2.43. The van der Waals surface area contributed by atoms with Crippen molar-refractivity contribution < 1.29 is 9.53 Å². The van der Waals surface area contributed by atoms with Crippen molar-refractivity contribution in [1.29, 1.82) is 0 Å². The van der Waals surface area contributed by atoms with Gasteiger partial charge in [0.1, 0.15) is 5.54 Å². The SMILES string of the molecule is NC1(C(=O)Nc2cc(-c3cc(Br)ccc3Cl)[nH]n2)CCOCC1. The lowest BCUT2D eigenvalue weighted by Gasteiger charge is -2.31. The number of benzene rings is 1. The molecule has 0 atom stereocenters. The zero-order valence-electron chi connectivity index (χ0n) is 12.2. The van der Waals surface area contributed by atoms with Crippen molar-refractivity contribution in [1.82, 2.24) is 10.2 Å². The molecule has 23 heavy (non-hydrogen) atoms. The Morgan fingerprint density at radius 1 is 1.39 bits per heavy atom. The predicted molar refractivity (Wildman–Crippen MR) is 92.3 cm³/mol. The lowest BCUT2D eigenvalue weighted by molar-refractivity contribution is -0.124. The molecule has 0 unspecified atom stereocenters. The number of aromatic amines is 1. The monoisotopic (exact) mass is 398 g/mol. The third kappa shape index (κ3) is 3.58. The summed E-state index contributed by atoms with van der Waals surface area (Å²) in [4.78, 5) is 12.4. The molecule has 1 aliphatic heterocycles. The van der Waals surface area contributed by atoms with Crippen LogP contribution in [0.5, 0.6) is 0 Å². The lowest BCUT2D eigenvalue weighted by atomic mass is 9.90. The Morgan fingerprint density at radius 3 is 2.87 bits per heavy atom. The van der Waals surface area contributed by atoms with Crippen molar-refractivity contribution in [2.24, 2.45) is 5.73 Å². The van der Waals surface area contributed by atoms with Gasteiger partial charge in [-0.2, -0.15) is 5.10 Å². The summed E-state index contributed by atoms with van der Waals surface area (Å²) in [5.74, 6) is 0.163. The highest BCUT2D eigenvalue weighted by Gasteiger charge is 2.36. The molecule has 0 aliphatic carbocycles. The van der Waals surface area contributed by atoms with E-state index in [-0.39, 0.29) is 5.91 Å². The first-order chi connectivity index (χ1) is 11.0. The molecule has 1 aliphatic rings. The van der Waals surface area contributed by atoms with E-state index >= 15 is 0 Å². The summed E-state index contributed by atoms with van der Waals surface area (Å²) in [5, 5.41) is 10.3. The largest absolute Gasteiger partial charge is 0.381 e. The summed E-state index contributed by atoms with van der Waals surface area (Å²) in [6.07, 6.45) is 0.987. The van der Waals surface area contributed by atoms with Gasteiger partial charge in [-0.05, 0) is 31.0 Å². The van der Waals surface area contributed by atoms with Crippen molar-refractivity contribution in [2.45, 2.75) is 18.4 Å². The second kappa shape index (κ2) is 6.60. The summed E-state index contributed by atoms with van der Waals surface area (Å²) in [7, 11) is 0. The lowest BCUT2D eigenvalue weighted by Crippen LogP contribution is -2.54. The molecule has 1 amide bonds. The number of amides is 1. The smallest absolute Gasteiger partial charge is 0.245 e. The molecule has 0 spiro atoms. The molecule has 0 bridgehead atoms. The normalized spacial score (nSPS) is 17.0. The molecule has 0 radical (unpaired) electrons. The molecule has 1 aromatic carbocycles. The molecule has 8 heteroatoms. The first-order valence-electron chi connectivity index (χ1n) is 7.17. The van der Waals surface area contributed by atoms with Crippen LogP contribution in [0.1, 0.15) is 12.8 Å². The van der Waals surface area contributed by atoms with Crippen LogP contribution in [0.2, 0.25) is 5.02 Å². The number of halogens is 2. The third-order valence-corrected chi connectivity index (χ3v) is 4.70. The second-order valence-corrected chi connectivity index (χ2v) is 6.84. The van der Waals surface area contributed by atoms with Gasteiger partial charge in [0.15, 0.2) is 5.82 Å². The zero-order chi connectivity index (χ0) is 16.4. The van der Waals surface area contributed by atoms with Crippen LogP contribution in [0, 0.1) is 0 Å². The topological polar surface area (TPSA) is 93.0 Å². The van der Waals surface area contributed by atoms with Crippen LogP contribution in [0.3, 0.4) is 0 Å². The Balaban J connectivity index is 1.77. The third-order valence-electron chi connectivity index (χ3n) is 3.88. The van der Waals surface area contributed by atoms with Crippen LogP contribution in [0.4, 0.5) is 5.82 Å². The van der Waals surface area contributed by atoms with Gasteiger partial charge in [-0.3, -0.25) is 9.89 Å². The van der Waals surface area contributed by atoms with Crippen LogP contribution in [-0.2, 0) is 9.53 Å². The van der Waals surface area contributed by atoms with E-state index in [4.69, 9.17) is 22.1 Å². The number of anilines is 1. The Hall–Kier alpha value is -1.41. The molecule has 122 valence electrons. The molecular formula is C15H16BrClN4O2. The quantitative estimate of drug-likeness (QED) is 0.740. The minimum absolute atomic E-state index is 0.251. The Bertz CT molecular complexity index is 728. The van der Waals surface area contributed by atoms with E-state index in [1.165, 1.54) is 0 Å². The predicted octanol–water partition coefficient (Wildman–Crippen LogP) is 2.94. The number of nitrogens with zero attached hydrogens (tertiary/aromatic N) is 1. The van der Waals surface area contributed by atoms with Gasteiger partial charge in [0.25, 0.3) is 0 Å². The van der Waals surface area contributed by atoms with Crippen molar-refractivity contribution in [2.75, 3.05) is 18.5 Å². The van der Waals surface area contributed by atoms with E-state index in [0.717, 1.165) is 10.0 Å². The number of ether oxygens (including phenoxy) is 1. The van der Waals surface area contributed by atoms with Crippen LogP contribution in [0.15, 0.2) is 28.7 Å². The van der Waals surface area contributed by atoms with E-state index in [0.29, 0.717) is 42.6 Å². The van der Waals surface area contributed by atoms with E-state index in [1.54, 1.807) is 12.1 Å². The summed E-state index contributed by atoms with van der Waals surface area (Å²) in [6, 6.07) is 7.25. The van der Waals surface area contributed by atoms with Gasteiger partial charge in [-0.1, -0.05) is 27.5 Å². The maximum atomic E-state index is 12.4. The van der Waals surface area contributed by atoms with E-state index < -0.39 is 5.54 Å². The number of H-pyrrole nitrogens is 1. The van der Waals surface area contributed by atoms with Gasteiger partial charge in [0.2, 0.25) is 5.91 Å². The number of hydrogen-bond donors (Lipinski definition) is 3. The van der Waals surface area contributed by atoms with Gasteiger partial charge >= 0.3 is 0 Å². The molecule has 0 saturated carbocycles. The Labute approximate surface area is 146 Å². The minimum Gasteiger partial charge on any atom is -0.381 e. The van der Waals surface area contributed by atoms with Crippen molar-refractivity contribution in [3.63, 3.8) is 0 Å². The molecule has 3 rings (SSSR count). The highest BCUT2D eigenvalue weighted by atomic mass is 79.9. The summed E-state index contributed by atoms with van der Waals surface area (Å²) in [6.45, 7) is 0.979. The molecule has 2 aromatic rings. The number of nitrogens with one attached hydrogen (secondary N) is 2. The fraction of sp³-hybridized carbons (Fsp3) is 0.333. The van der Waals surface area contributed by atoms with Gasteiger partial charge in [0.05, 0.1) is 10.7 Å². The molecule has 1 aromatic heterocycles. The van der Waals surface area contributed by atoms with Gasteiger partial charge in [0, 0.05) is 29.3 Å².